The van der Waals surface area contributed by atoms with Crippen molar-refractivity contribution in [2.75, 3.05) is 18.1 Å². The summed E-state index contributed by atoms with van der Waals surface area (Å²) in [7, 11) is -2.90. The lowest BCUT2D eigenvalue weighted by Gasteiger charge is -2.16. The van der Waals surface area contributed by atoms with Crippen molar-refractivity contribution in [2.24, 2.45) is 0 Å². The molecule has 0 fully saturated rings. The number of hydrogen-bond acceptors (Lipinski definition) is 5. The molecule has 116 valence electrons. The van der Waals surface area contributed by atoms with Gasteiger partial charge in [0.2, 0.25) is 0 Å². The van der Waals surface area contributed by atoms with Gasteiger partial charge in [-0.1, -0.05) is 13.8 Å². The van der Waals surface area contributed by atoms with Crippen LogP contribution in [0.25, 0.3) is 5.52 Å². The highest BCUT2D eigenvalue weighted by molar-refractivity contribution is 7.91. The van der Waals surface area contributed by atoms with Crippen molar-refractivity contribution in [2.45, 2.75) is 32.7 Å². The molecule has 0 bridgehead atoms. The third-order valence-corrected chi connectivity index (χ3v) is 5.36. The topological polar surface area (TPSA) is 76.4 Å². The number of rotatable bonds is 8. The Morgan fingerprint density at radius 1 is 1.33 bits per heavy atom. The van der Waals surface area contributed by atoms with Crippen LogP contribution in [0, 0.1) is 0 Å². The summed E-state index contributed by atoms with van der Waals surface area (Å²) in [5.74, 6) is 0.447. The van der Waals surface area contributed by atoms with E-state index in [0.29, 0.717) is 6.42 Å². The third-order valence-electron chi connectivity index (χ3n) is 3.57. The smallest absolute Gasteiger partial charge is 0.150 e. The van der Waals surface area contributed by atoms with Gasteiger partial charge in [-0.15, -0.1) is 0 Å². The number of aromatic nitrogens is 3. The van der Waals surface area contributed by atoms with Gasteiger partial charge in [-0.25, -0.2) is 12.9 Å². The van der Waals surface area contributed by atoms with Gasteiger partial charge in [0.1, 0.15) is 9.84 Å². The zero-order valence-corrected chi connectivity index (χ0v) is 13.3. The first kappa shape index (κ1) is 15.9. The van der Waals surface area contributed by atoms with Crippen LogP contribution in [-0.4, -0.2) is 41.1 Å². The van der Waals surface area contributed by atoms with Gasteiger partial charge < -0.3 is 5.32 Å². The molecule has 0 saturated heterocycles. The number of nitrogens with zero attached hydrogens (tertiary/aromatic N) is 3. The highest BCUT2D eigenvalue weighted by atomic mass is 32.2. The number of nitrogens with one attached hydrogen (secondary N) is 1. The molecular formula is C14H22N4O2S. The lowest BCUT2D eigenvalue weighted by atomic mass is 10.0. The van der Waals surface area contributed by atoms with Gasteiger partial charge in [-0.05, 0) is 19.4 Å². The average molecular weight is 310 g/mol. The van der Waals surface area contributed by atoms with E-state index in [9.17, 15) is 8.42 Å². The Labute approximate surface area is 125 Å². The molecule has 0 radical (unpaired) electrons. The van der Waals surface area contributed by atoms with Crippen LogP contribution >= 0.6 is 0 Å². The molecule has 7 heteroatoms. The maximum Gasteiger partial charge on any atom is 0.150 e. The molecule has 6 nitrogen and oxygen atoms in total. The molecule has 0 aliphatic rings. The van der Waals surface area contributed by atoms with Gasteiger partial charge in [-0.3, -0.25) is 4.98 Å². The van der Waals surface area contributed by atoms with Crippen LogP contribution in [0.2, 0.25) is 0 Å². The predicted molar refractivity (Wildman–Crippen MR) is 83.0 cm³/mol. The molecule has 2 rings (SSSR count). The molecule has 0 aliphatic heterocycles. The Morgan fingerprint density at radius 3 is 2.86 bits per heavy atom. The van der Waals surface area contributed by atoms with Crippen LogP contribution in [0.1, 0.15) is 38.3 Å². The summed E-state index contributed by atoms with van der Waals surface area (Å²) in [4.78, 5) is 4.14. The molecule has 0 aromatic carbocycles. The quantitative estimate of drug-likeness (QED) is 0.801. The Bertz CT molecular complexity index is 681. The summed E-state index contributed by atoms with van der Waals surface area (Å²) in [6.07, 6.45) is 8.53. The van der Waals surface area contributed by atoms with Crippen molar-refractivity contribution < 1.29 is 8.42 Å². The molecule has 1 unspecified atom stereocenters. The van der Waals surface area contributed by atoms with Gasteiger partial charge in [-0.2, -0.15) is 5.10 Å². The highest BCUT2D eigenvalue weighted by Crippen LogP contribution is 2.23. The molecule has 0 aliphatic carbocycles. The van der Waals surface area contributed by atoms with Gasteiger partial charge in [0.15, 0.2) is 0 Å². The van der Waals surface area contributed by atoms with Crippen molar-refractivity contribution in [3.8, 4) is 0 Å². The van der Waals surface area contributed by atoms with Crippen LogP contribution in [0.5, 0.6) is 0 Å². The minimum Gasteiger partial charge on any atom is -0.310 e. The van der Waals surface area contributed by atoms with E-state index >= 15 is 0 Å². The summed E-state index contributed by atoms with van der Waals surface area (Å²) in [6.45, 7) is 4.55. The third kappa shape index (κ3) is 4.01. The highest BCUT2D eigenvalue weighted by Gasteiger charge is 2.17. The summed E-state index contributed by atoms with van der Waals surface area (Å²) in [6, 6.07) is 0.101. The van der Waals surface area contributed by atoms with Crippen molar-refractivity contribution in [1.29, 1.82) is 0 Å². The SMILES string of the molecule is CCNC(CCCS(=O)(=O)CC)c1cnn2ccncc12. The van der Waals surface area contributed by atoms with Gasteiger partial charge in [0.05, 0.1) is 23.7 Å². The lowest BCUT2D eigenvalue weighted by Crippen LogP contribution is -2.22. The largest absolute Gasteiger partial charge is 0.310 e. The van der Waals surface area contributed by atoms with E-state index in [1.165, 1.54) is 0 Å². The second-order valence-corrected chi connectivity index (χ2v) is 7.47. The number of fused-ring (bicyclic) bond motifs is 1. The summed E-state index contributed by atoms with van der Waals surface area (Å²) in [5, 5.41) is 7.72. The van der Waals surface area contributed by atoms with E-state index in [-0.39, 0.29) is 17.5 Å². The zero-order chi connectivity index (χ0) is 15.3. The second kappa shape index (κ2) is 7.00. The summed E-state index contributed by atoms with van der Waals surface area (Å²) >= 11 is 0. The van der Waals surface area contributed by atoms with Crippen molar-refractivity contribution >= 4 is 15.4 Å². The van der Waals surface area contributed by atoms with E-state index < -0.39 is 9.84 Å². The molecule has 0 spiro atoms. The van der Waals surface area contributed by atoms with Crippen LogP contribution < -0.4 is 5.32 Å². The molecule has 2 aromatic rings. The molecule has 0 amide bonds. The van der Waals surface area contributed by atoms with Crippen LogP contribution in [0.3, 0.4) is 0 Å². The predicted octanol–water partition coefficient (Wildman–Crippen LogP) is 1.59. The minimum absolute atomic E-state index is 0.101. The standard InChI is InChI=1S/C14H22N4O2S/c1-3-16-13(6-5-9-21(19,20)4-2)12-10-17-18-8-7-15-11-14(12)18/h7-8,10-11,13,16H,3-6,9H2,1-2H3. The van der Waals surface area contributed by atoms with Crippen LogP contribution in [0.15, 0.2) is 24.8 Å². The van der Waals surface area contributed by atoms with E-state index in [1.54, 1.807) is 23.8 Å². The Hall–Kier alpha value is -1.47. The molecule has 2 aromatic heterocycles. The van der Waals surface area contributed by atoms with Crippen molar-refractivity contribution in [3.63, 3.8) is 0 Å². The summed E-state index contributed by atoms with van der Waals surface area (Å²) < 4.78 is 25.0. The van der Waals surface area contributed by atoms with Gasteiger partial charge in [0, 0.05) is 29.8 Å². The number of hydrogen-bond donors (Lipinski definition) is 1. The van der Waals surface area contributed by atoms with Crippen molar-refractivity contribution in [1.82, 2.24) is 19.9 Å². The maximum atomic E-state index is 11.6. The minimum atomic E-state index is -2.90. The zero-order valence-electron chi connectivity index (χ0n) is 12.5. The Morgan fingerprint density at radius 2 is 2.14 bits per heavy atom. The molecule has 1 N–H and O–H groups in total. The van der Waals surface area contributed by atoms with E-state index in [4.69, 9.17) is 0 Å². The fraction of sp³-hybridized carbons (Fsp3) is 0.571. The lowest BCUT2D eigenvalue weighted by molar-refractivity contribution is 0.509. The molecule has 0 saturated carbocycles. The molecular weight excluding hydrogens is 288 g/mol. The van der Waals surface area contributed by atoms with Gasteiger partial charge in [0.25, 0.3) is 0 Å². The van der Waals surface area contributed by atoms with Crippen LogP contribution in [0.4, 0.5) is 0 Å². The van der Waals surface area contributed by atoms with Gasteiger partial charge >= 0.3 is 0 Å². The first-order valence-electron chi connectivity index (χ1n) is 7.28. The number of sulfone groups is 1. The molecule has 21 heavy (non-hydrogen) atoms. The Kier molecular flexibility index (Phi) is 5.30. The maximum absolute atomic E-state index is 11.6. The fourth-order valence-corrected chi connectivity index (χ4v) is 3.28. The fourth-order valence-electron chi connectivity index (χ4n) is 2.39. The normalized spacial score (nSPS) is 13.6. The van der Waals surface area contributed by atoms with E-state index in [0.717, 1.165) is 24.0 Å². The first-order chi connectivity index (χ1) is 10.1. The second-order valence-electron chi connectivity index (χ2n) is 4.99. The summed E-state index contributed by atoms with van der Waals surface area (Å²) in [5.41, 5.74) is 2.03. The monoisotopic (exact) mass is 310 g/mol. The van der Waals surface area contributed by atoms with E-state index in [2.05, 4.69) is 15.4 Å². The van der Waals surface area contributed by atoms with Crippen LogP contribution in [-0.2, 0) is 9.84 Å². The first-order valence-corrected chi connectivity index (χ1v) is 9.10. The molecule has 1 atom stereocenters. The van der Waals surface area contributed by atoms with E-state index in [1.807, 2.05) is 19.3 Å². The van der Waals surface area contributed by atoms with Crippen molar-refractivity contribution in [3.05, 3.63) is 30.4 Å². The Balaban J connectivity index is 2.12. The molecule has 2 heterocycles. The average Bonchev–Trinajstić information content (AvgIpc) is 2.90.